The van der Waals surface area contributed by atoms with Gasteiger partial charge in [0.15, 0.2) is 23.4 Å². The normalized spacial score (nSPS) is 30.3. The van der Waals surface area contributed by atoms with Crippen LogP contribution in [0.2, 0.25) is 0 Å². The van der Waals surface area contributed by atoms with Crippen LogP contribution in [0.15, 0.2) is 42.5 Å². The van der Waals surface area contributed by atoms with Crippen LogP contribution >= 0.6 is 0 Å². The monoisotopic (exact) mass is 489 g/mol. The zero-order valence-corrected chi connectivity index (χ0v) is 21.9. The largest absolute Gasteiger partial charge is 0.490 e. The molecule has 0 N–H and O–H groups in total. The van der Waals surface area contributed by atoms with Crippen molar-refractivity contribution in [3.8, 4) is 11.5 Å². The third-order valence-electron chi connectivity index (χ3n) is 9.22. The number of ether oxygens (including phenoxy) is 3. The van der Waals surface area contributed by atoms with Crippen molar-refractivity contribution in [2.45, 2.75) is 88.6 Å². The van der Waals surface area contributed by atoms with E-state index in [9.17, 15) is 4.79 Å². The van der Waals surface area contributed by atoms with Gasteiger partial charge in [0.2, 0.25) is 0 Å². The molecule has 0 amide bonds. The lowest BCUT2D eigenvalue weighted by Crippen LogP contribution is -2.72. The molecule has 5 heteroatoms. The maximum Gasteiger partial charge on any atom is 0.174 e. The van der Waals surface area contributed by atoms with Crippen molar-refractivity contribution >= 4 is 5.78 Å². The number of hydrogen-bond donors (Lipinski definition) is 0. The Labute approximate surface area is 215 Å². The van der Waals surface area contributed by atoms with Crippen molar-refractivity contribution in [1.29, 1.82) is 0 Å². The molecule has 4 atom stereocenters. The molecule has 0 saturated heterocycles. The minimum Gasteiger partial charge on any atom is -0.490 e. The predicted molar refractivity (Wildman–Crippen MR) is 140 cm³/mol. The maximum atomic E-state index is 13.4. The standard InChI is InChI=1S/C31H39NO4/c1-4-5-17-34-25-14-13-23-18-26(32(3)19-21-11-12-21)31(35-20-22-9-7-6-8-10-22)16-15-24(33)29-30(31,2)27(23)28(25)36-29/h6-10,13-14,21,26,29H,4-5,11-12,15-20H2,1-3H3/t26-,29+,30?,31-/m1/s1. The van der Waals surface area contributed by atoms with Gasteiger partial charge in [-0.15, -0.1) is 0 Å². The average Bonchev–Trinajstić information content (AvgIpc) is 3.63. The Balaban J connectivity index is 1.46. The second-order valence-corrected chi connectivity index (χ2v) is 11.6. The van der Waals surface area contributed by atoms with Gasteiger partial charge in [0.1, 0.15) is 0 Å². The van der Waals surface area contributed by atoms with E-state index in [4.69, 9.17) is 14.2 Å². The second kappa shape index (κ2) is 9.18. The molecule has 2 aromatic carbocycles. The molecule has 2 saturated carbocycles. The highest BCUT2D eigenvalue weighted by Gasteiger charge is 2.70. The Bertz CT molecular complexity index is 1130. The molecule has 1 heterocycles. The maximum absolute atomic E-state index is 13.4. The van der Waals surface area contributed by atoms with Gasteiger partial charge in [0, 0.05) is 24.6 Å². The summed E-state index contributed by atoms with van der Waals surface area (Å²) in [7, 11) is 2.26. The first-order valence-corrected chi connectivity index (χ1v) is 13.8. The van der Waals surface area contributed by atoms with Crippen LogP contribution < -0.4 is 9.47 Å². The number of rotatable bonds is 10. The Morgan fingerprint density at radius 3 is 2.69 bits per heavy atom. The van der Waals surface area contributed by atoms with Crippen molar-refractivity contribution in [1.82, 2.24) is 4.90 Å². The quantitative estimate of drug-likeness (QED) is 0.414. The average molecular weight is 490 g/mol. The molecule has 0 bridgehead atoms. The van der Waals surface area contributed by atoms with Gasteiger partial charge in [-0.3, -0.25) is 9.69 Å². The number of unbranched alkanes of at least 4 members (excludes halogenated alkanes) is 1. The molecule has 1 unspecified atom stereocenters. The summed E-state index contributed by atoms with van der Waals surface area (Å²) in [5.74, 6) is 2.51. The van der Waals surface area contributed by atoms with E-state index in [0.29, 0.717) is 26.1 Å². The number of likely N-dealkylation sites (N-methyl/N-ethyl adjacent to an activating group) is 1. The van der Waals surface area contributed by atoms with Gasteiger partial charge in [-0.05, 0) is 69.2 Å². The molecule has 0 spiro atoms. The summed E-state index contributed by atoms with van der Waals surface area (Å²) in [5.41, 5.74) is 2.50. The molecule has 2 fully saturated rings. The molecule has 3 aliphatic carbocycles. The summed E-state index contributed by atoms with van der Waals surface area (Å²) in [6, 6.07) is 14.9. The van der Waals surface area contributed by atoms with Crippen LogP contribution in [0.4, 0.5) is 0 Å². The summed E-state index contributed by atoms with van der Waals surface area (Å²) in [5, 5.41) is 0. The second-order valence-electron chi connectivity index (χ2n) is 11.6. The summed E-state index contributed by atoms with van der Waals surface area (Å²) >= 11 is 0. The Kier molecular flexibility index (Phi) is 6.12. The fourth-order valence-corrected chi connectivity index (χ4v) is 7.13. The van der Waals surface area contributed by atoms with Gasteiger partial charge in [-0.2, -0.15) is 0 Å². The zero-order valence-electron chi connectivity index (χ0n) is 21.9. The van der Waals surface area contributed by atoms with Crippen LogP contribution in [-0.2, 0) is 28.0 Å². The van der Waals surface area contributed by atoms with Gasteiger partial charge in [-0.1, -0.05) is 49.7 Å². The smallest absolute Gasteiger partial charge is 0.174 e. The molecule has 6 rings (SSSR count). The van der Waals surface area contributed by atoms with Crippen molar-refractivity contribution in [2.75, 3.05) is 20.2 Å². The first-order chi connectivity index (χ1) is 17.5. The summed E-state index contributed by atoms with van der Waals surface area (Å²) < 4.78 is 19.9. The fourth-order valence-electron chi connectivity index (χ4n) is 7.13. The van der Waals surface area contributed by atoms with Crippen molar-refractivity contribution in [2.24, 2.45) is 5.92 Å². The van der Waals surface area contributed by atoms with Gasteiger partial charge >= 0.3 is 0 Å². The van der Waals surface area contributed by atoms with Crippen LogP contribution in [0, 0.1) is 5.92 Å². The number of hydrogen-bond acceptors (Lipinski definition) is 5. The summed E-state index contributed by atoms with van der Waals surface area (Å²) in [6.07, 6.45) is 6.26. The number of carbonyl (C=O) groups is 1. The van der Waals surface area contributed by atoms with E-state index in [1.807, 2.05) is 6.07 Å². The molecule has 1 aliphatic heterocycles. The fraction of sp³-hybridized carbons (Fsp3) is 0.581. The van der Waals surface area contributed by atoms with Crippen molar-refractivity contribution in [3.05, 3.63) is 59.2 Å². The van der Waals surface area contributed by atoms with Gasteiger partial charge in [-0.25, -0.2) is 0 Å². The lowest BCUT2D eigenvalue weighted by Gasteiger charge is -2.59. The van der Waals surface area contributed by atoms with E-state index >= 15 is 0 Å². The van der Waals surface area contributed by atoms with Crippen LogP contribution in [0.5, 0.6) is 11.5 Å². The summed E-state index contributed by atoms with van der Waals surface area (Å²) in [4.78, 5) is 16.0. The van der Waals surface area contributed by atoms with E-state index in [1.54, 1.807) is 0 Å². The van der Waals surface area contributed by atoms with Crippen molar-refractivity contribution < 1.29 is 19.0 Å². The minimum atomic E-state index is -0.563. The first-order valence-electron chi connectivity index (χ1n) is 13.8. The highest BCUT2D eigenvalue weighted by molar-refractivity contribution is 5.89. The lowest BCUT2D eigenvalue weighted by molar-refractivity contribution is -0.193. The van der Waals surface area contributed by atoms with E-state index in [1.165, 1.54) is 18.4 Å². The van der Waals surface area contributed by atoms with Crippen LogP contribution in [-0.4, -0.2) is 48.6 Å². The molecule has 0 aromatic heterocycles. The highest BCUT2D eigenvalue weighted by Crippen LogP contribution is 2.63. The predicted octanol–water partition coefficient (Wildman–Crippen LogP) is 5.47. The third kappa shape index (κ3) is 3.69. The zero-order chi connectivity index (χ0) is 24.9. The third-order valence-corrected chi connectivity index (χ3v) is 9.22. The number of ketones is 1. The lowest BCUT2D eigenvalue weighted by atomic mass is 9.52. The van der Waals surface area contributed by atoms with Crippen molar-refractivity contribution in [3.63, 3.8) is 0 Å². The first kappa shape index (κ1) is 24.0. The number of benzene rings is 2. The molecule has 36 heavy (non-hydrogen) atoms. The Morgan fingerprint density at radius 2 is 1.94 bits per heavy atom. The molecule has 0 radical (unpaired) electrons. The molecular formula is C31H39NO4. The van der Waals surface area contributed by atoms with E-state index in [2.05, 4.69) is 62.2 Å². The molecule has 2 aromatic rings. The van der Waals surface area contributed by atoms with E-state index in [0.717, 1.165) is 54.4 Å². The van der Waals surface area contributed by atoms with Crippen LogP contribution in [0.1, 0.15) is 69.1 Å². The Morgan fingerprint density at radius 1 is 1.14 bits per heavy atom. The van der Waals surface area contributed by atoms with Crippen LogP contribution in [0.25, 0.3) is 0 Å². The minimum absolute atomic E-state index is 0.177. The van der Waals surface area contributed by atoms with E-state index < -0.39 is 17.1 Å². The molecule has 192 valence electrons. The van der Waals surface area contributed by atoms with Gasteiger partial charge in [0.25, 0.3) is 0 Å². The number of carbonyl (C=O) groups excluding carboxylic acids is 1. The number of nitrogens with zero attached hydrogens (tertiary/aromatic N) is 1. The molecular weight excluding hydrogens is 450 g/mol. The topological polar surface area (TPSA) is 48.0 Å². The molecule has 4 aliphatic rings. The van der Waals surface area contributed by atoms with Gasteiger partial charge < -0.3 is 14.2 Å². The van der Waals surface area contributed by atoms with Gasteiger partial charge in [0.05, 0.1) is 24.2 Å². The van der Waals surface area contributed by atoms with E-state index in [-0.39, 0.29) is 11.8 Å². The number of Topliss-reactive ketones (excluding diaryl/α,β-unsaturated/α-hetero) is 1. The summed E-state index contributed by atoms with van der Waals surface area (Å²) in [6.45, 7) is 6.67. The SMILES string of the molecule is CCCCOc1ccc2c3c1O[C@H]1C(=O)CC[C@@](OCc4ccccc4)([C@H](N(C)CC4CC4)C2)C31C. The Hall–Kier alpha value is -2.37. The van der Waals surface area contributed by atoms with Crippen LogP contribution in [0.3, 0.4) is 0 Å². The highest BCUT2D eigenvalue weighted by atomic mass is 16.5. The molecule has 5 nitrogen and oxygen atoms in total.